The highest BCUT2D eigenvalue weighted by atomic mass is 32.2. The zero-order chi connectivity index (χ0) is 13.6. The number of thiazole rings is 1. The van der Waals surface area contributed by atoms with Crippen molar-refractivity contribution in [2.75, 3.05) is 0 Å². The van der Waals surface area contributed by atoms with E-state index >= 15 is 0 Å². The van der Waals surface area contributed by atoms with Gasteiger partial charge in [-0.25, -0.2) is 9.78 Å². The molecule has 2 aliphatic rings. The highest BCUT2D eigenvalue weighted by molar-refractivity contribution is 8.01. The van der Waals surface area contributed by atoms with Gasteiger partial charge in [-0.2, -0.15) is 0 Å². The second-order valence-corrected chi connectivity index (χ2v) is 7.29. The number of amides is 1. The Morgan fingerprint density at radius 1 is 1.68 bits per heavy atom. The fraction of sp³-hybridized carbons (Fsp3) is 0.417. The maximum absolute atomic E-state index is 11.6. The number of carboxylic acids is 1. The number of carbonyl (C=O) groups excluding carboxylic acids is 1. The predicted molar refractivity (Wildman–Crippen MR) is 73.8 cm³/mol. The topological polar surface area (TPSA) is 70.5 Å². The van der Waals surface area contributed by atoms with Crippen LogP contribution in [0.25, 0.3) is 6.08 Å². The minimum absolute atomic E-state index is 0.000421. The Hall–Kier alpha value is -1.34. The van der Waals surface area contributed by atoms with Gasteiger partial charge in [-0.3, -0.25) is 4.79 Å². The smallest absolute Gasteiger partial charge is 0.328 e. The van der Waals surface area contributed by atoms with E-state index in [4.69, 9.17) is 0 Å². The number of aliphatic carboxylic acids is 1. The molecule has 0 radical (unpaired) electrons. The largest absolute Gasteiger partial charge is 0.480 e. The molecule has 3 atom stereocenters. The molecule has 1 aromatic heterocycles. The van der Waals surface area contributed by atoms with Gasteiger partial charge in [0.1, 0.15) is 11.0 Å². The molecular weight excluding hydrogens is 284 g/mol. The lowest BCUT2D eigenvalue weighted by molar-refractivity contribution is -0.156. The molecule has 0 unspecified atom stereocenters. The standard InChI is InChI=1S/C12H12N2O3S2/c1-12(3-2-7-13-4-5-18-7)10(11(16)17)14-8(15)6-9(14)19-12/h2-5,9-10H,6H2,1H3,(H,16,17)/b3-2-/t9-,10+,12+/m1/s1. The molecule has 5 nitrogen and oxygen atoms in total. The van der Waals surface area contributed by atoms with Gasteiger partial charge in [-0.1, -0.05) is 6.08 Å². The number of hydrogen-bond donors (Lipinski definition) is 1. The van der Waals surface area contributed by atoms with Crippen LogP contribution in [0, 0.1) is 0 Å². The van der Waals surface area contributed by atoms with Crippen LogP contribution in [0.5, 0.6) is 0 Å². The van der Waals surface area contributed by atoms with Gasteiger partial charge >= 0.3 is 5.97 Å². The van der Waals surface area contributed by atoms with Crippen LogP contribution in [0.2, 0.25) is 0 Å². The Balaban J connectivity index is 1.89. The first-order valence-corrected chi connectivity index (χ1v) is 7.58. The lowest BCUT2D eigenvalue weighted by atomic mass is 9.96. The van der Waals surface area contributed by atoms with E-state index < -0.39 is 16.8 Å². The van der Waals surface area contributed by atoms with E-state index in [1.807, 2.05) is 24.5 Å². The van der Waals surface area contributed by atoms with Gasteiger partial charge in [-0.05, 0) is 13.0 Å². The number of fused-ring (bicyclic) bond motifs is 1. The monoisotopic (exact) mass is 296 g/mol. The third-order valence-electron chi connectivity index (χ3n) is 3.40. The summed E-state index contributed by atoms with van der Waals surface area (Å²) in [6.45, 7) is 1.87. The number of carboxylic acid groups (broad SMARTS) is 1. The number of hydrogen-bond acceptors (Lipinski definition) is 5. The highest BCUT2D eigenvalue weighted by Crippen LogP contribution is 2.51. The lowest BCUT2D eigenvalue weighted by Crippen LogP contribution is -2.57. The van der Waals surface area contributed by atoms with Gasteiger partial charge in [0.15, 0.2) is 0 Å². The van der Waals surface area contributed by atoms with Crippen LogP contribution in [0.4, 0.5) is 0 Å². The maximum Gasteiger partial charge on any atom is 0.328 e. The molecule has 100 valence electrons. The van der Waals surface area contributed by atoms with E-state index in [2.05, 4.69) is 4.98 Å². The summed E-state index contributed by atoms with van der Waals surface area (Å²) in [7, 11) is 0. The van der Waals surface area contributed by atoms with Crippen molar-refractivity contribution in [1.29, 1.82) is 0 Å². The van der Waals surface area contributed by atoms with E-state index in [0.717, 1.165) is 5.01 Å². The first kappa shape index (κ1) is 12.7. The first-order valence-electron chi connectivity index (χ1n) is 5.82. The molecule has 0 bridgehead atoms. The van der Waals surface area contributed by atoms with Gasteiger partial charge in [0.05, 0.1) is 16.5 Å². The molecular formula is C12H12N2O3S2. The minimum Gasteiger partial charge on any atom is -0.480 e. The summed E-state index contributed by atoms with van der Waals surface area (Å²) in [4.78, 5) is 28.6. The zero-order valence-electron chi connectivity index (χ0n) is 10.1. The van der Waals surface area contributed by atoms with Crippen molar-refractivity contribution in [3.8, 4) is 0 Å². The van der Waals surface area contributed by atoms with E-state index in [1.165, 1.54) is 28.0 Å². The molecule has 3 heterocycles. The molecule has 1 N–H and O–H groups in total. The summed E-state index contributed by atoms with van der Waals surface area (Å²) in [5.74, 6) is -1.02. The summed E-state index contributed by atoms with van der Waals surface area (Å²) in [6.07, 6.45) is 5.85. The predicted octanol–water partition coefficient (Wildman–Crippen LogP) is 1.67. The average Bonchev–Trinajstić information content (AvgIpc) is 2.92. The Kier molecular flexibility index (Phi) is 2.90. The molecule has 2 saturated heterocycles. The number of carbonyl (C=O) groups is 2. The zero-order valence-corrected chi connectivity index (χ0v) is 11.8. The van der Waals surface area contributed by atoms with Crippen LogP contribution in [-0.2, 0) is 9.59 Å². The molecule has 1 aromatic rings. The van der Waals surface area contributed by atoms with Gasteiger partial charge < -0.3 is 10.0 Å². The maximum atomic E-state index is 11.6. The summed E-state index contributed by atoms with van der Waals surface area (Å²) >= 11 is 3.04. The molecule has 19 heavy (non-hydrogen) atoms. The van der Waals surface area contributed by atoms with Crippen molar-refractivity contribution in [1.82, 2.24) is 9.88 Å². The van der Waals surface area contributed by atoms with E-state index in [-0.39, 0.29) is 11.3 Å². The van der Waals surface area contributed by atoms with Crippen molar-refractivity contribution < 1.29 is 14.7 Å². The van der Waals surface area contributed by atoms with Crippen LogP contribution in [-0.4, -0.2) is 43.0 Å². The second kappa shape index (κ2) is 4.35. The molecule has 3 rings (SSSR count). The third-order valence-corrected chi connectivity index (χ3v) is 5.67. The molecule has 2 fully saturated rings. The molecule has 7 heteroatoms. The molecule has 0 aliphatic carbocycles. The first-order chi connectivity index (χ1) is 9.01. The molecule has 0 saturated carbocycles. The Labute approximate surface area is 118 Å². The van der Waals surface area contributed by atoms with Crippen LogP contribution >= 0.6 is 23.1 Å². The quantitative estimate of drug-likeness (QED) is 0.859. The summed E-state index contributed by atoms with van der Waals surface area (Å²) in [6, 6.07) is -0.792. The van der Waals surface area contributed by atoms with Gasteiger partial charge in [0.25, 0.3) is 0 Å². The van der Waals surface area contributed by atoms with E-state index in [0.29, 0.717) is 6.42 Å². The molecule has 0 aromatic carbocycles. The Morgan fingerprint density at radius 3 is 3.05 bits per heavy atom. The van der Waals surface area contributed by atoms with Gasteiger partial charge in [0.2, 0.25) is 5.91 Å². The number of nitrogens with zero attached hydrogens (tertiary/aromatic N) is 2. The van der Waals surface area contributed by atoms with Gasteiger partial charge in [0, 0.05) is 11.6 Å². The average molecular weight is 296 g/mol. The Morgan fingerprint density at radius 2 is 2.47 bits per heavy atom. The molecule has 0 spiro atoms. The summed E-state index contributed by atoms with van der Waals surface area (Å²) < 4.78 is -0.603. The van der Waals surface area contributed by atoms with Crippen LogP contribution in [0.3, 0.4) is 0 Å². The lowest BCUT2D eigenvalue weighted by Gasteiger charge is -2.36. The van der Waals surface area contributed by atoms with Crippen molar-refractivity contribution in [3.63, 3.8) is 0 Å². The third kappa shape index (κ3) is 1.97. The normalized spacial score (nSPS) is 33.5. The van der Waals surface area contributed by atoms with Gasteiger partial charge in [-0.15, -0.1) is 23.1 Å². The second-order valence-electron chi connectivity index (χ2n) is 4.71. The van der Waals surface area contributed by atoms with Crippen molar-refractivity contribution in [2.24, 2.45) is 0 Å². The summed E-state index contributed by atoms with van der Waals surface area (Å²) in [5, 5.41) is 12.1. The van der Waals surface area contributed by atoms with Crippen LogP contribution in [0.15, 0.2) is 17.7 Å². The number of thioether (sulfide) groups is 1. The minimum atomic E-state index is -0.950. The molecule has 1 amide bonds. The Bertz CT molecular complexity index is 557. The van der Waals surface area contributed by atoms with Crippen molar-refractivity contribution >= 4 is 41.1 Å². The molecule has 2 aliphatic heterocycles. The fourth-order valence-electron chi connectivity index (χ4n) is 2.49. The highest BCUT2D eigenvalue weighted by Gasteiger charge is 2.59. The van der Waals surface area contributed by atoms with Crippen LogP contribution < -0.4 is 0 Å². The summed E-state index contributed by atoms with van der Waals surface area (Å²) in [5.41, 5.74) is 0. The number of rotatable bonds is 3. The SMILES string of the molecule is C[C@@]1(/C=C\c2nccs2)S[C@@H]2CC(=O)N2[C@H]1C(=O)O. The van der Waals surface area contributed by atoms with Crippen molar-refractivity contribution in [2.45, 2.75) is 29.5 Å². The van der Waals surface area contributed by atoms with E-state index in [9.17, 15) is 14.7 Å². The van der Waals surface area contributed by atoms with Crippen LogP contribution in [0.1, 0.15) is 18.4 Å². The number of aromatic nitrogens is 1. The number of β-lactam (4-membered cyclic amide) rings is 1. The van der Waals surface area contributed by atoms with Crippen molar-refractivity contribution in [3.05, 3.63) is 22.7 Å². The fourth-order valence-corrected chi connectivity index (χ4v) is 4.68. The van der Waals surface area contributed by atoms with E-state index in [1.54, 1.807) is 6.20 Å².